The molecule has 2 amide bonds. The van der Waals surface area contributed by atoms with Crippen LogP contribution >= 0.6 is 0 Å². The van der Waals surface area contributed by atoms with Gasteiger partial charge in [-0.05, 0) is 0 Å². The van der Waals surface area contributed by atoms with Gasteiger partial charge in [0.1, 0.15) is 0 Å². The first-order chi connectivity index (χ1) is 5.39. The van der Waals surface area contributed by atoms with Crippen LogP contribution in [0.25, 0.3) is 0 Å². The molecule has 0 N–H and O–H groups in total. The molecule has 0 saturated carbocycles. The summed E-state index contributed by atoms with van der Waals surface area (Å²) in [7, 11) is -3.46. The molecule has 0 aromatic rings. The summed E-state index contributed by atoms with van der Waals surface area (Å²) < 4.78 is 22.5. The highest BCUT2D eigenvalue weighted by Gasteiger charge is 2.29. The molecule has 1 heterocycles. The van der Waals surface area contributed by atoms with E-state index in [0.29, 0.717) is 0 Å². The van der Waals surface area contributed by atoms with E-state index in [1.165, 1.54) is 0 Å². The number of hydrogen-bond acceptors (Lipinski definition) is 4. The van der Waals surface area contributed by atoms with Crippen molar-refractivity contribution in [3.05, 3.63) is 0 Å². The van der Waals surface area contributed by atoms with E-state index in [1.54, 1.807) is 0 Å². The van der Waals surface area contributed by atoms with Gasteiger partial charge in [0.25, 0.3) is 11.8 Å². The van der Waals surface area contributed by atoms with Gasteiger partial charge in [-0.3, -0.25) is 9.59 Å². The fraction of sp³-hybridized carbons (Fsp3) is 0.600. The van der Waals surface area contributed by atoms with E-state index in [1.807, 2.05) is 0 Å². The number of rotatable bonds is 1. The van der Waals surface area contributed by atoms with Gasteiger partial charge in [0.15, 0.2) is 0 Å². The lowest BCUT2D eigenvalue weighted by Gasteiger charge is -2.21. The summed E-state index contributed by atoms with van der Waals surface area (Å²) in [6.07, 6.45) is 0.943. The third-order valence-corrected chi connectivity index (χ3v) is 2.54. The molecule has 0 aromatic heterocycles. The molecule has 0 atom stereocenters. The van der Waals surface area contributed by atoms with Crippen molar-refractivity contribution < 1.29 is 18.0 Å². The third kappa shape index (κ3) is 2.02. The molecule has 1 saturated heterocycles. The van der Waals surface area contributed by atoms with Crippen molar-refractivity contribution in [2.45, 2.75) is 0 Å². The van der Waals surface area contributed by atoms with E-state index in [2.05, 4.69) is 5.32 Å². The Morgan fingerprint density at radius 1 is 1.25 bits per heavy atom. The van der Waals surface area contributed by atoms with Crippen molar-refractivity contribution in [2.75, 3.05) is 19.3 Å². The number of hydrogen-bond donors (Lipinski definition) is 0. The second-order valence-corrected chi connectivity index (χ2v) is 4.41. The molecule has 1 fully saturated rings. The molecule has 7 heteroatoms. The first-order valence-electron chi connectivity index (χ1n) is 3.12. The predicted octanol–water partition coefficient (Wildman–Crippen LogP) is -2.08. The molecule has 67 valence electrons. The zero-order valence-electron chi connectivity index (χ0n) is 6.35. The van der Waals surface area contributed by atoms with Gasteiger partial charge < -0.3 is 0 Å². The number of piperazine rings is 1. The second kappa shape index (κ2) is 2.83. The van der Waals surface area contributed by atoms with Crippen LogP contribution in [0, 0.1) is 0 Å². The van der Waals surface area contributed by atoms with E-state index in [0.717, 1.165) is 10.6 Å². The molecule has 0 aliphatic carbocycles. The van der Waals surface area contributed by atoms with Gasteiger partial charge in [0.2, 0.25) is 10.0 Å². The van der Waals surface area contributed by atoms with Crippen molar-refractivity contribution in [1.82, 2.24) is 9.62 Å². The summed E-state index contributed by atoms with van der Waals surface area (Å²) in [6, 6.07) is 0. The Balaban J connectivity index is 2.82. The quantitative estimate of drug-likeness (QED) is 0.445. The summed E-state index contributed by atoms with van der Waals surface area (Å²) in [6.45, 7) is -0.658. The molecule has 6 nitrogen and oxygen atoms in total. The Labute approximate surface area is 69.6 Å². The Morgan fingerprint density at radius 2 is 1.67 bits per heavy atom. The van der Waals surface area contributed by atoms with Crippen LogP contribution in [-0.2, 0) is 19.6 Å². The van der Waals surface area contributed by atoms with E-state index in [9.17, 15) is 18.0 Å². The second-order valence-electron chi connectivity index (χ2n) is 2.43. The number of imide groups is 1. The molecule has 1 radical (unpaired) electrons. The maximum Gasteiger partial charge on any atom is 0.264 e. The molecule has 1 aliphatic rings. The van der Waals surface area contributed by atoms with Crippen LogP contribution in [0.15, 0.2) is 0 Å². The highest BCUT2D eigenvalue weighted by Crippen LogP contribution is 2.01. The van der Waals surface area contributed by atoms with E-state index >= 15 is 0 Å². The van der Waals surface area contributed by atoms with Crippen molar-refractivity contribution >= 4 is 21.8 Å². The van der Waals surface area contributed by atoms with Gasteiger partial charge in [-0.15, -0.1) is 0 Å². The highest BCUT2D eigenvalue weighted by atomic mass is 32.2. The monoisotopic (exact) mass is 191 g/mol. The van der Waals surface area contributed by atoms with Gasteiger partial charge in [-0.2, -0.15) is 9.62 Å². The van der Waals surface area contributed by atoms with Crippen LogP contribution in [0.5, 0.6) is 0 Å². The van der Waals surface area contributed by atoms with E-state index < -0.39 is 21.8 Å². The van der Waals surface area contributed by atoms with Gasteiger partial charge >= 0.3 is 0 Å². The lowest BCUT2D eigenvalue weighted by molar-refractivity contribution is -0.134. The van der Waals surface area contributed by atoms with Crippen LogP contribution in [0.1, 0.15) is 0 Å². The summed E-state index contributed by atoms with van der Waals surface area (Å²) in [4.78, 5) is 21.3. The molecule has 12 heavy (non-hydrogen) atoms. The Morgan fingerprint density at radius 3 is 2.00 bits per heavy atom. The summed E-state index contributed by atoms with van der Waals surface area (Å²) in [5.41, 5.74) is 0. The number of carbonyl (C=O) groups excluding carboxylic acids is 2. The number of nitrogens with zero attached hydrogens (tertiary/aromatic N) is 2. The minimum Gasteiger partial charge on any atom is -0.271 e. The van der Waals surface area contributed by atoms with Gasteiger partial charge in [0.05, 0.1) is 19.3 Å². The fourth-order valence-electron chi connectivity index (χ4n) is 0.802. The zero-order chi connectivity index (χ0) is 9.35. The summed E-state index contributed by atoms with van der Waals surface area (Å²) in [5.74, 6) is -1.42. The minimum absolute atomic E-state index is 0.329. The fourth-order valence-corrected chi connectivity index (χ4v) is 1.49. The first kappa shape index (κ1) is 9.14. The topological polar surface area (TPSA) is 85.6 Å². The Kier molecular flexibility index (Phi) is 2.16. The molecule has 0 spiro atoms. The summed E-state index contributed by atoms with van der Waals surface area (Å²) in [5, 5.41) is 3.06. The van der Waals surface area contributed by atoms with Crippen LogP contribution in [0.2, 0.25) is 0 Å². The van der Waals surface area contributed by atoms with Crippen molar-refractivity contribution in [1.29, 1.82) is 0 Å². The summed E-state index contributed by atoms with van der Waals surface area (Å²) >= 11 is 0. The van der Waals surface area contributed by atoms with Crippen molar-refractivity contribution in [3.63, 3.8) is 0 Å². The molecule has 1 rings (SSSR count). The van der Waals surface area contributed by atoms with Crippen LogP contribution in [0.4, 0.5) is 0 Å². The van der Waals surface area contributed by atoms with Crippen LogP contribution in [-0.4, -0.2) is 43.9 Å². The van der Waals surface area contributed by atoms with E-state index in [4.69, 9.17) is 0 Å². The highest BCUT2D eigenvalue weighted by molar-refractivity contribution is 7.88. The van der Waals surface area contributed by atoms with Crippen molar-refractivity contribution in [3.8, 4) is 0 Å². The molecule has 0 aromatic carbocycles. The average Bonchev–Trinajstić information content (AvgIpc) is 1.82. The standard InChI is InChI=1S/C5H7N2O4S/c1-12(10,11)7-2-4(8)6-5(9)3-7/h2-3H2,1H3. The lowest BCUT2D eigenvalue weighted by Crippen LogP contribution is -2.49. The SMILES string of the molecule is CS(=O)(=O)N1CC(=O)[N]C(=O)C1. The maximum absolute atomic E-state index is 10.9. The number of sulfonamides is 1. The Hall–Kier alpha value is -0.950. The molecule has 0 bridgehead atoms. The van der Waals surface area contributed by atoms with E-state index in [-0.39, 0.29) is 13.1 Å². The normalized spacial score (nSPS) is 20.8. The Bertz CT molecular complexity index is 304. The van der Waals surface area contributed by atoms with Gasteiger partial charge in [-0.25, -0.2) is 8.42 Å². The molecular weight excluding hydrogens is 184 g/mol. The number of amides is 2. The molecular formula is C5H7N2O4S. The van der Waals surface area contributed by atoms with Crippen LogP contribution < -0.4 is 5.32 Å². The average molecular weight is 191 g/mol. The van der Waals surface area contributed by atoms with Crippen molar-refractivity contribution in [2.24, 2.45) is 0 Å². The molecule has 0 unspecified atom stereocenters. The zero-order valence-corrected chi connectivity index (χ0v) is 7.17. The third-order valence-electron chi connectivity index (χ3n) is 1.34. The smallest absolute Gasteiger partial charge is 0.264 e. The lowest BCUT2D eigenvalue weighted by atomic mass is 10.4. The first-order valence-corrected chi connectivity index (χ1v) is 4.97. The minimum atomic E-state index is -3.46. The maximum atomic E-state index is 10.9. The number of carbonyl (C=O) groups is 2. The van der Waals surface area contributed by atoms with Gasteiger partial charge in [0, 0.05) is 0 Å². The molecule has 1 aliphatic heterocycles. The predicted molar refractivity (Wildman–Crippen MR) is 38.6 cm³/mol. The van der Waals surface area contributed by atoms with Crippen LogP contribution in [0.3, 0.4) is 0 Å². The largest absolute Gasteiger partial charge is 0.271 e. The van der Waals surface area contributed by atoms with Gasteiger partial charge in [-0.1, -0.05) is 0 Å².